The average Bonchev–Trinajstić information content (AvgIpc) is 3.08. The van der Waals surface area contributed by atoms with Crippen LogP contribution in [-0.4, -0.2) is 19.6 Å². The third-order valence-corrected chi connectivity index (χ3v) is 3.87. The molecule has 0 unspecified atom stereocenters. The Bertz CT molecular complexity index is 751. The Morgan fingerprint density at radius 3 is 2.70 bits per heavy atom. The van der Waals surface area contributed by atoms with E-state index in [0.29, 0.717) is 0 Å². The normalized spacial score (nSPS) is 17.6. The lowest BCUT2D eigenvalue weighted by Gasteiger charge is -2.21. The van der Waals surface area contributed by atoms with E-state index < -0.39 is 6.10 Å². The smallest absolute Gasteiger partial charge is 0.104 e. The molecule has 0 radical (unpaired) electrons. The molecule has 20 heavy (non-hydrogen) atoms. The van der Waals surface area contributed by atoms with E-state index in [1.807, 2.05) is 35.0 Å². The van der Waals surface area contributed by atoms with Crippen molar-refractivity contribution in [3.63, 3.8) is 0 Å². The summed E-state index contributed by atoms with van der Waals surface area (Å²) in [5.41, 5.74) is 4.19. The second-order valence-electron chi connectivity index (χ2n) is 4.94. The van der Waals surface area contributed by atoms with E-state index in [4.69, 9.17) is 0 Å². The van der Waals surface area contributed by atoms with Crippen molar-refractivity contribution < 1.29 is 5.11 Å². The molecule has 2 atom stereocenters. The van der Waals surface area contributed by atoms with Crippen LogP contribution in [0.15, 0.2) is 61.3 Å². The largest absolute Gasteiger partial charge is 0.386 e. The molecule has 1 aliphatic heterocycles. The SMILES string of the molecule is O[C@@H](c1ccncc1)[C@@H]1c2ccccc2-c2cncn21. The van der Waals surface area contributed by atoms with Crippen LogP contribution >= 0.6 is 0 Å². The number of aliphatic hydroxyl groups is 1. The summed E-state index contributed by atoms with van der Waals surface area (Å²) in [5.74, 6) is 0. The first kappa shape index (κ1) is 11.4. The third kappa shape index (κ3) is 1.52. The molecule has 0 amide bonds. The number of pyridine rings is 1. The van der Waals surface area contributed by atoms with Crippen molar-refractivity contribution in [2.75, 3.05) is 0 Å². The van der Waals surface area contributed by atoms with Crippen molar-refractivity contribution in [2.45, 2.75) is 12.1 Å². The van der Waals surface area contributed by atoms with Gasteiger partial charge in [-0.3, -0.25) is 4.98 Å². The van der Waals surface area contributed by atoms with Crippen LogP contribution in [0, 0.1) is 0 Å². The minimum absolute atomic E-state index is 0.133. The molecule has 4 rings (SSSR count). The Morgan fingerprint density at radius 1 is 1.05 bits per heavy atom. The maximum atomic E-state index is 10.8. The first-order chi connectivity index (χ1) is 9.86. The lowest BCUT2D eigenvalue weighted by atomic mass is 9.95. The van der Waals surface area contributed by atoms with E-state index in [-0.39, 0.29) is 6.04 Å². The van der Waals surface area contributed by atoms with E-state index in [0.717, 1.165) is 22.4 Å². The molecule has 3 heterocycles. The van der Waals surface area contributed by atoms with Crippen LogP contribution in [0.4, 0.5) is 0 Å². The predicted molar refractivity (Wildman–Crippen MR) is 75.0 cm³/mol. The van der Waals surface area contributed by atoms with Gasteiger partial charge in [-0.05, 0) is 23.3 Å². The van der Waals surface area contributed by atoms with Gasteiger partial charge in [-0.2, -0.15) is 0 Å². The van der Waals surface area contributed by atoms with E-state index in [1.54, 1.807) is 18.7 Å². The molecule has 0 fully saturated rings. The van der Waals surface area contributed by atoms with Crippen molar-refractivity contribution in [3.05, 3.63) is 72.4 Å². The topological polar surface area (TPSA) is 50.9 Å². The van der Waals surface area contributed by atoms with Crippen LogP contribution in [0.3, 0.4) is 0 Å². The number of nitrogens with zero attached hydrogens (tertiary/aromatic N) is 3. The Kier molecular flexibility index (Phi) is 2.44. The number of imidazole rings is 1. The summed E-state index contributed by atoms with van der Waals surface area (Å²) in [6, 6.07) is 11.7. The van der Waals surface area contributed by atoms with E-state index in [9.17, 15) is 5.11 Å². The summed E-state index contributed by atoms with van der Waals surface area (Å²) >= 11 is 0. The number of hydrogen-bond acceptors (Lipinski definition) is 3. The van der Waals surface area contributed by atoms with E-state index in [1.165, 1.54) is 0 Å². The van der Waals surface area contributed by atoms with Crippen molar-refractivity contribution >= 4 is 0 Å². The van der Waals surface area contributed by atoms with Crippen LogP contribution < -0.4 is 0 Å². The zero-order valence-corrected chi connectivity index (χ0v) is 10.7. The fourth-order valence-electron chi connectivity index (χ4n) is 2.94. The Labute approximate surface area is 116 Å². The molecule has 0 aliphatic carbocycles. The Balaban J connectivity index is 1.87. The molecule has 98 valence electrons. The Hall–Kier alpha value is -2.46. The maximum absolute atomic E-state index is 10.8. The summed E-state index contributed by atoms with van der Waals surface area (Å²) in [5, 5.41) is 10.8. The number of aliphatic hydroxyl groups excluding tert-OH is 1. The van der Waals surface area contributed by atoms with Crippen LogP contribution in [0.2, 0.25) is 0 Å². The van der Waals surface area contributed by atoms with Crippen LogP contribution in [0.5, 0.6) is 0 Å². The third-order valence-electron chi connectivity index (χ3n) is 3.87. The first-order valence-electron chi connectivity index (χ1n) is 6.55. The highest BCUT2D eigenvalue weighted by molar-refractivity contribution is 5.69. The van der Waals surface area contributed by atoms with Gasteiger partial charge in [0, 0.05) is 18.0 Å². The molecule has 4 heteroatoms. The van der Waals surface area contributed by atoms with Gasteiger partial charge in [0.1, 0.15) is 6.10 Å². The van der Waals surface area contributed by atoms with Gasteiger partial charge >= 0.3 is 0 Å². The van der Waals surface area contributed by atoms with Crippen LogP contribution in [0.1, 0.15) is 23.3 Å². The van der Waals surface area contributed by atoms with Crippen LogP contribution in [-0.2, 0) is 0 Å². The van der Waals surface area contributed by atoms with Gasteiger partial charge < -0.3 is 9.67 Å². The highest BCUT2D eigenvalue weighted by Crippen LogP contribution is 2.44. The van der Waals surface area contributed by atoms with Crippen molar-refractivity contribution in [1.29, 1.82) is 0 Å². The molecule has 2 aromatic heterocycles. The van der Waals surface area contributed by atoms with Gasteiger partial charge in [0.2, 0.25) is 0 Å². The van der Waals surface area contributed by atoms with Gasteiger partial charge in [-0.1, -0.05) is 24.3 Å². The second kappa shape index (κ2) is 4.28. The summed E-state index contributed by atoms with van der Waals surface area (Å²) < 4.78 is 2.04. The standard InChI is InChI=1S/C16H13N3O/c20-16(11-5-7-17-8-6-11)15-13-4-2-1-3-12(13)14-9-18-10-19(14)15/h1-10,15-16,20H/t15-,16-/m0/s1. The predicted octanol–water partition coefficient (Wildman–Crippen LogP) is 2.58. The van der Waals surface area contributed by atoms with Gasteiger partial charge in [-0.15, -0.1) is 0 Å². The number of benzene rings is 1. The molecular formula is C16H13N3O. The zero-order valence-electron chi connectivity index (χ0n) is 10.7. The molecular weight excluding hydrogens is 250 g/mol. The number of hydrogen-bond donors (Lipinski definition) is 1. The summed E-state index contributed by atoms with van der Waals surface area (Å²) in [6.07, 6.45) is 6.42. The average molecular weight is 263 g/mol. The van der Waals surface area contributed by atoms with Gasteiger partial charge in [0.25, 0.3) is 0 Å². The summed E-state index contributed by atoms with van der Waals surface area (Å²) in [7, 11) is 0. The molecule has 0 saturated heterocycles. The monoisotopic (exact) mass is 263 g/mol. The first-order valence-corrected chi connectivity index (χ1v) is 6.55. The lowest BCUT2D eigenvalue weighted by molar-refractivity contribution is 0.135. The molecule has 0 saturated carbocycles. The zero-order chi connectivity index (χ0) is 13.5. The van der Waals surface area contributed by atoms with E-state index in [2.05, 4.69) is 22.1 Å². The summed E-state index contributed by atoms with van der Waals surface area (Å²) in [6.45, 7) is 0. The quantitative estimate of drug-likeness (QED) is 0.773. The molecule has 4 nitrogen and oxygen atoms in total. The number of rotatable bonds is 2. The van der Waals surface area contributed by atoms with Gasteiger partial charge in [-0.25, -0.2) is 4.98 Å². The van der Waals surface area contributed by atoms with Crippen molar-refractivity contribution in [1.82, 2.24) is 14.5 Å². The molecule has 1 aliphatic rings. The molecule has 3 aromatic rings. The maximum Gasteiger partial charge on any atom is 0.104 e. The number of fused-ring (bicyclic) bond motifs is 3. The molecule has 1 aromatic carbocycles. The lowest BCUT2D eigenvalue weighted by Crippen LogP contribution is -2.15. The fraction of sp³-hybridized carbons (Fsp3) is 0.125. The molecule has 1 N–H and O–H groups in total. The molecule has 0 spiro atoms. The Morgan fingerprint density at radius 2 is 1.85 bits per heavy atom. The van der Waals surface area contributed by atoms with Crippen LogP contribution in [0.25, 0.3) is 11.3 Å². The van der Waals surface area contributed by atoms with Gasteiger partial charge in [0.05, 0.1) is 24.3 Å². The highest BCUT2D eigenvalue weighted by atomic mass is 16.3. The van der Waals surface area contributed by atoms with Gasteiger partial charge in [0.15, 0.2) is 0 Å². The minimum Gasteiger partial charge on any atom is -0.386 e. The molecule has 0 bridgehead atoms. The van der Waals surface area contributed by atoms with E-state index >= 15 is 0 Å². The fourth-order valence-corrected chi connectivity index (χ4v) is 2.94. The minimum atomic E-state index is -0.616. The van der Waals surface area contributed by atoms with Crippen molar-refractivity contribution in [3.8, 4) is 11.3 Å². The van der Waals surface area contributed by atoms with Crippen molar-refractivity contribution in [2.24, 2.45) is 0 Å². The highest BCUT2D eigenvalue weighted by Gasteiger charge is 2.33. The summed E-state index contributed by atoms with van der Waals surface area (Å²) in [4.78, 5) is 8.21. The number of aromatic nitrogens is 3. The second-order valence-corrected chi connectivity index (χ2v) is 4.94.